The summed E-state index contributed by atoms with van der Waals surface area (Å²) in [6, 6.07) is 16.6. The normalized spacial score (nSPS) is 19.6. The minimum Gasteiger partial charge on any atom is -0.464 e. The first-order chi connectivity index (χ1) is 31.7. The van der Waals surface area contributed by atoms with E-state index in [4.69, 9.17) is 14.2 Å². The maximum Gasteiger partial charge on any atom is 0.324 e. The van der Waals surface area contributed by atoms with Gasteiger partial charge in [-0.1, -0.05) is 58.0 Å². The van der Waals surface area contributed by atoms with Crippen molar-refractivity contribution in [3.05, 3.63) is 77.6 Å². The number of hydrogen-bond donors (Lipinski definition) is 2. The first kappa shape index (κ1) is 48.2. The lowest BCUT2D eigenvalue weighted by molar-refractivity contribution is -0.155. The maximum atomic E-state index is 14.7. The molecule has 0 unspecified atom stereocenters. The lowest BCUT2D eigenvalue weighted by Gasteiger charge is -2.36. The number of nitrogens with zero attached hydrogens (tertiary/aromatic N) is 6. The smallest absolute Gasteiger partial charge is 0.324 e. The summed E-state index contributed by atoms with van der Waals surface area (Å²) in [5.41, 5.74) is 10.5. The van der Waals surface area contributed by atoms with Crippen LogP contribution in [0.25, 0.3) is 33.3 Å². The number of pyridine rings is 1. The number of aryl methyl sites for hydroxylation is 1. The predicted molar refractivity (Wildman–Crippen MR) is 254 cm³/mol. The number of esters is 1. The summed E-state index contributed by atoms with van der Waals surface area (Å²) in [5, 5.41) is 5.58. The Morgan fingerprint density at radius 1 is 1.09 bits per heavy atom. The Bertz CT molecular complexity index is 2490. The summed E-state index contributed by atoms with van der Waals surface area (Å²) in [6.07, 6.45) is 7.39. The van der Waals surface area contributed by atoms with Crippen molar-refractivity contribution in [1.82, 2.24) is 30.2 Å². The summed E-state index contributed by atoms with van der Waals surface area (Å²) in [4.78, 5) is 71.1. The second-order valence-corrected chi connectivity index (χ2v) is 19.2. The summed E-state index contributed by atoms with van der Waals surface area (Å²) >= 11 is 0. The van der Waals surface area contributed by atoms with E-state index >= 15 is 0 Å². The molecule has 3 amide bonds. The van der Waals surface area contributed by atoms with Gasteiger partial charge in [0.15, 0.2) is 0 Å². The molecule has 7 rings (SSSR count). The van der Waals surface area contributed by atoms with Crippen molar-refractivity contribution in [2.45, 2.75) is 116 Å². The van der Waals surface area contributed by atoms with Crippen LogP contribution in [0.1, 0.15) is 83.4 Å². The molecule has 4 aromatic rings. The highest BCUT2D eigenvalue weighted by molar-refractivity contribution is 5.96. The fourth-order valence-electron chi connectivity index (χ4n) is 9.41. The minimum atomic E-state index is -1.03. The van der Waals surface area contributed by atoms with Gasteiger partial charge in [0, 0.05) is 81.5 Å². The third kappa shape index (κ3) is 10.9. The maximum absolute atomic E-state index is 14.7. The molecule has 2 N–H and O–H groups in total. The van der Waals surface area contributed by atoms with Crippen molar-refractivity contribution in [2.75, 3.05) is 47.6 Å². The van der Waals surface area contributed by atoms with Gasteiger partial charge in [-0.15, -0.1) is 0 Å². The highest BCUT2D eigenvalue weighted by Crippen LogP contribution is 2.41. The van der Waals surface area contributed by atoms with Crippen molar-refractivity contribution in [3.8, 4) is 22.4 Å². The lowest BCUT2D eigenvalue weighted by atomic mass is 9.84. The number of carbonyl (C=O) groups is 4. The lowest BCUT2D eigenvalue weighted by Crippen LogP contribution is -2.62. The molecule has 6 bridgehead atoms. The number of amides is 3. The van der Waals surface area contributed by atoms with Crippen molar-refractivity contribution in [3.63, 3.8) is 0 Å². The van der Waals surface area contributed by atoms with Gasteiger partial charge in [-0.25, -0.2) is 15.4 Å². The fraction of sp³-hybridized carbons (Fsp3) is 0.529. The van der Waals surface area contributed by atoms with Gasteiger partial charge in [-0.3, -0.25) is 29.2 Å². The Kier molecular flexibility index (Phi) is 15.2. The van der Waals surface area contributed by atoms with Gasteiger partial charge < -0.3 is 29.0 Å². The Balaban J connectivity index is 1.23. The average molecular weight is 903 g/mol. The zero-order chi connectivity index (χ0) is 47.2. The van der Waals surface area contributed by atoms with Crippen LogP contribution in [0.4, 0.5) is 0 Å². The number of rotatable bonds is 14. The van der Waals surface area contributed by atoms with Gasteiger partial charge in [0.25, 0.3) is 5.91 Å². The largest absolute Gasteiger partial charge is 0.464 e. The summed E-state index contributed by atoms with van der Waals surface area (Å²) in [5.74, 6) is -1.84. The molecular weight excluding hydrogens is 837 g/mol. The van der Waals surface area contributed by atoms with E-state index in [1.807, 2.05) is 38.2 Å². The molecule has 2 aliphatic heterocycles. The second kappa shape index (κ2) is 20.8. The zero-order valence-electron chi connectivity index (χ0n) is 39.8. The Labute approximate surface area is 388 Å². The minimum absolute atomic E-state index is 0.0599. The molecule has 2 aromatic heterocycles. The van der Waals surface area contributed by atoms with Crippen LogP contribution in [0, 0.1) is 11.3 Å². The van der Waals surface area contributed by atoms with Gasteiger partial charge in [-0.2, -0.15) is 0 Å². The number of likely N-dealkylation sites (N-methyl/N-ethyl adjacent to an activating group) is 1. The number of hydrogen-bond acceptors (Lipinski definition) is 11. The molecule has 15 heteroatoms. The molecule has 3 aliphatic rings. The molecule has 1 saturated heterocycles. The van der Waals surface area contributed by atoms with Crippen LogP contribution in [0.15, 0.2) is 70.9 Å². The molecule has 352 valence electrons. The van der Waals surface area contributed by atoms with Crippen LogP contribution >= 0.6 is 0 Å². The highest BCUT2D eigenvalue weighted by atomic mass is 16.5. The molecule has 15 nitrogen and oxygen atoms in total. The molecule has 2 fully saturated rings. The van der Waals surface area contributed by atoms with Crippen molar-refractivity contribution in [2.24, 2.45) is 21.3 Å². The van der Waals surface area contributed by atoms with E-state index in [0.717, 1.165) is 62.8 Å². The number of carbonyl (C=O) groups excluding carboxylic acids is 4. The van der Waals surface area contributed by atoms with Crippen LogP contribution in [-0.4, -0.2) is 120 Å². The summed E-state index contributed by atoms with van der Waals surface area (Å²) in [7, 11) is 4.94. The predicted octanol–water partition coefficient (Wildman–Crippen LogP) is 6.41. The molecule has 2 aromatic carbocycles. The van der Waals surface area contributed by atoms with Gasteiger partial charge in [0.1, 0.15) is 18.1 Å². The van der Waals surface area contributed by atoms with Gasteiger partial charge >= 0.3 is 5.97 Å². The van der Waals surface area contributed by atoms with E-state index in [2.05, 4.69) is 87.4 Å². The number of aliphatic imine (C=N–C) groups is 2. The topological polar surface area (TPSA) is 169 Å². The van der Waals surface area contributed by atoms with E-state index in [9.17, 15) is 19.2 Å². The molecule has 1 aliphatic carbocycles. The van der Waals surface area contributed by atoms with Crippen LogP contribution in [0.5, 0.6) is 0 Å². The Morgan fingerprint density at radius 3 is 2.61 bits per heavy atom. The first-order valence-corrected chi connectivity index (χ1v) is 23.3. The van der Waals surface area contributed by atoms with Crippen molar-refractivity contribution < 1.29 is 33.4 Å². The zero-order valence-corrected chi connectivity index (χ0v) is 39.8. The summed E-state index contributed by atoms with van der Waals surface area (Å²) in [6.45, 7) is 12.4. The van der Waals surface area contributed by atoms with Crippen LogP contribution in [-0.2, 0) is 59.4 Å². The number of benzene rings is 2. The first-order valence-electron chi connectivity index (χ1n) is 23.3. The number of fused-ring (bicyclic) bond motifs is 6. The number of cyclic esters (lactones) is 1. The molecule has 0 spiro atoms. The Morgan fingerprint density at radius 2 is 1.88 bits per heavy atom. The molecule has 1 saturated carbocycles. The third-order valence-electron chi connectivity index (χ3n) is 13.0. The molecule has 66 heavy (non-hydrogen) atoms. The fourth-order valence-corrected chi connectivity index (χ4v) is 9.41. The van der Waals surface area contributed by atoms with Gasteiger partial charge in [-0.05, 0) is 91.0 Å². The number of methoxy groups -OCH3 is 2. The highest BCUT2D eigenvalue weighted by Gasteiger charge is 2.43. The quantitative estimate of drug-likeness (QED) is 0.107. The van der Waals surface area contributed by atoms with E-state index in [-0.39, 0.29) is 49.3 Å². The van der Waals surface area contributed by atoms with E-state index in [1.165, 1.54) is 9.91 Å². The number of aromatic nitrogens is 2. The monoisotopic (exact) mass is 903 g/mol. The van der Waals surface area contributed by atoms with Crippen LogP contribution in [0.2, 0.25) is 0 Å². The third-order valence-corrected chi connectivity index (χ3v) is 13.0. The number of ether oxygens (including phenoxy) is 3. The van der Waals surface area contributed by atoms with E-state index in [1.54, 1.807) is 27.5 Å². The summed E-state index contributed by atoms with van der Waals surface area (Å²) < 4.78 is 19.3. The van der Waals surface area contributed by atoms with Crippen molar-refractivity contribution in [1.29, 1.82) is 0 Å². The second-order valence-electron chi connectivity index (χ2n) is 19.2. The number of hydrazine groups is 1. The molecular formula is C51H66N8O7. The standard InChI is InChI=1S/C51H66N8O7/c1-9-58-43-16-15-36-26-38(43)39(46(58)40-28-52-21-17-37(40)29-64-7)27-50(4,5)30-66-49(63)41-14-11-23-59(56-41)48(62)42(25-34-12-10-13-35(36)24-34)55-47(61)45(33(2)3)57(6)44(60)18-22-53-32-54-51(19-20-51)31-65-8/h10,12-13,15-17,21,24,26,28,33,41-42,45,56H,9,11,14,18-20,22-23,25,27,29-31H2,1-8H3,(H,55,61)/t41-,42-,45-/m0/s1. The SMILES string of the molecule is CCn1c(-c2cnccc2COC)c2c3cc(ccc31)-c1cccc(c1)C[C@H](NC(=O)[C@H](C(C)C)N(C)C(=O)CCN=C=NC1(COC)CC1)C(=O)N1CCC[C@H](N1)C(=O)OCC(C)(C)C2. The van der Waals surface area contributed by atoms with Crippen molar-refractivity contribution >= 4 is 40.6 Å². The van der Waals surface area contributed by atoms with Crippen LogP contribution in [0.3, 0.4) is 0 Å². The number of nitrogens with one attached hydrogen (secondary N) is 2. The van der Waals surface area contributed by atoms with E-state index in [0.29, 0.717) is 45.6 Å². The average Bonchev–Trinajstić information content (AvgIpc) is 4.00. The molecule has 0 radical (unpaired) electrons. The van der Waals surface area contributed by atoms with Crippen LogP contribution < -0.4 is 10.7 Å². The molecule has 3 atom stereocenters. The van der Waals surface area contributed by atoms with E-state index < -0.39 is 35.4 Å². The van der Waals surface area contributed by atoms with Gasteiger partial charge in [0.05, 0.1) is 43.6 Å². The molecule has 4 heterocycles. The van der Waals surface area contributed by atoms with Gasteiger partial charge in [0.2, 0.25) is 11.8 Å². The Hall–Kier alpha value is -5.73.